The van der Waals surface area contributed by atoms with Crippen molar-refractivity contribution in [3.63, 3.8) is 0 Å². The number of nitrogens with zero attached hydrogens (tertiary/aromatic N) is 2. The molecule has 0 spiro atoms. The number of hydrogen-bond donors (Lipinski definition) is 1. The highest BCUT2D eigenvalue weighted by Crippen LogP contribution is 2.27. The summed E-state index contributed by atoms with van der Waals surface area (Å²) in [5.41, 5.74) is 2.60. The van der Waals surface area contributed by atoms with E-state index in [-0.39, 0.29) is 18.2 Å². The first-order chi connectivity index (χ1) is 11.4. The summed E-state index contributed by atoms with van der Waals surface area (Å²) in [6.45, 7) is 3.55. The van der Waals surface area contributed by atoms with Crippen molar-refractivity contribution in [2.24, 2.45) is 0 Å². The number of nitrogens with one attached hydrogen (secondary N) is 1. The van der Waals surface area contributed by atoms with Gasteiger partial charge in [0.25, 0.3) is 0 Å². The van der Waals surface area contributed by atoms with E-state index in [1.54, 1.807) is 25.1 Å². The molecular weight excluding hydrogens is 314 g/mol. The number of nitro groups is 1. The average Bonchev–Trinajstić information content (AvgIpc) is 2.55. The molecule has 8 nitrogen and oxygen atoms in total. The Morgan fingerprint density at radius 3 is 2.71 bits per heavy atom. The zero-order valence-corrected chi connectivity index (χ0v) is 13.5. The van der Waals surface area contributed by atoms with Crippen LogP contribution in [-0.4, -0.2) is 23.1 Å². The Morgan fingerprint density at radius 1 is 1.29 bits per heavy atom. The fraction of sp³-hybridized carbons (Fsp3) is 0.250. The van der Waals surface area contributed by atoms with Crippen LogP contribution in [0.1, 0.15) is 16.8 Å². The maximum atomic E-state index is 11.4. The van der Waals surface area contributed by atoms with Crippen molar-refractivity contribution in [3.8, 4) is 5.75 Å². The number of pyridine rings is 1. The summed E-state index contributed by atoms with van der Waals surface area (Å²) in [4.78, 5) is 25.8. The SMILES string of the molecule is COC(=O)Nc1cccc(C)c1COc1ccc(C)nc1[N+](=O)[O-]. The van der Waals surface area contributed by atoms with Crippen LogP contribution in [0.4, 0.5) is 16.3 Å². The topological polar surface area (TPSA) is 104 Å². The van der Waals surface area contributed by atoms with E-state index < -0.39 is 11.0 Å². The lowest BCUT2D eigenvalue weighted by molar-refractivity contribution is -0.390. The van der Waals surface area contributed by atoms with Gasteiger partial charge in [0.15, 0.2) is 0 Å². The van der Waals surface area contributed by atoms with Crippen LogP contribution >= 0.6 is 0 Å². The van der Waals surface area contributed by atoms with E-state index in [9.17, 15) is 14.9 Å². The van der Waals surface area contributed by atoms with Crippen molar-refractivity contribution in [3.05, 3.63) is 57.3 Å². The minimum atomic E-state index is -0.607. The van der Waals surface area contributed by atoms with E-state index in [1.807, 2.05) is 13.0 Å². The van der Waals surface area contributed by atoms with Crippen LogP contribution in [0.25, 0.3) is 0 Å². The van der Waals surface area contributed by atoms with Gasteiger partial charge < -0.3 is 19.6 Å². The highest BCUT2D eigenvalue weighted by Gasteiger charge is 2.18. The number of carbonyl (C=O) groups is 1. The highest BCUT2D eigenvalue weighted by molar-refractivity contribution is 5.85. The summed E-state index contributed by atoms with van der Waals surface area (Å²) in [5.74, 6) is -0.274. The third-order valence-electron chi connectivity index (χ3n) is 3.36. The number of carbonyl (C=O) groups excluding carboxylic acids is 1. The van der Waals surface area contributed by atoms with Gasteiger partial charge in [0, 0.05) is 12.5 Å². The number of ether oxygens (including phenoxy) is 2. The first-order valence-electron chi connectivity index (χ1n) is 7.10. The summed E-state index contributed by atoms with van der Waals surface area (Å²) in [6.07, 6.45) is -0.607. The molecule has 0 bridgehead atoms. The number of amides is 1. The van der Waals surface area contributed by atoms with Gasteiger partial charge in [-0.2, -0.15) is 0 Å². The summed E-state index contributed by atoms with van der Waals surface area (Å²) in [5, 5.41) is 13.7. The summed E-state index contributed by atoms with van der Waals surface area (Å²) in [7, 11) is 1.27. The molecular formula is C16H17N3O5. The second-order valence-electron chi connectivity index (χ2n) is 5.04. The van der Waals surface area contributed by atoms with E-state index >= 15 is 0 Å². The molecule has 8 heteroatoms. The van der Waals surface area contributed by atoms with Crippen LogP contribution in [0, 0.1) is 24.0 Å². The predicted molar refractivity (Wildman–Crippen MR) is 87.2 cm³/mol. The smallest absolute Gasteiger partial charge is 0.411 e. The second-order valence-corrected chi connectivity index (χ2v) is 5.04. The van der Waals surface area contributed by atoms with Crippen LogP contribution in [0.15, 0.2) is 30.3 Å². The normalized spacial score (nSPS) is 10.1. The molecule has 126 valence electrons. The summed E-state index contributed by atoms with van der Waals surface area (Å²) in [6, 6.07) is 8.47. The standard InChI is InChI=1S/C16H17N3O5/c1-10-5-4-6-13(18-16(20)23-3)12(10)9-24-14-8-7-11(2)17-15(14)19(21)22/h4-8H,9H2,1-3H3,(H,18,20). The number of hydrogen-bond acceptors (Lipinski definition) is 6. The Labute approximate surface area is 138 Å². The Morgan fingerprint density at radius 2 is 2.04 bits per heavy atom. The number of aryl methyl sites for hydroxylation is 2. The minimum Gasteiger partial charge on any atom is -0.481 e. The van der Waals surface area contributed by atoms with E-state index in [0.29, 0.717) is 16.9 Å². The van der Waals surface area contributed by atoms with Gasteiger partial charge >= 0.3 is 11.9 Å². The molecule has 1 aromatic carbocycles. The van der Waals surface area contributed by atoms with Gasteiger partial charge in [0.2, 0.25) is 5.75 Å². The van der Waals surface area contributed by atoms with Gasteiger partial charge in [-0.25, -0.2) is 4.79 Å². The van der Waals surface area contributed by atoms with Gasteiger partial charge in [-0.05, 0) is 40.6 Å². The number of methoxy groups -OCH3 is 1. The Kier molecular flexibility index (Phi) is 5.31. The van der Waals surface area contributed by atoms with E-state index in [0.717, 1.165) is 5.56 Å². The fourth-order valence-corrected chi connectivity index (χ4v) is 2.10. The molecule has 1 amide bonds. The monoisotopic (exact) mass is 331 g/mol. The van der Waals surface area contributed by atoms with Gasteiger partial charge in [-0.1, -0.05) is 12.1 Å². The van der Waals surface area contributed by atoms with Crippen molar-refractivity contribution < 1.29 is 19.2 Å². The number of aromatic nitrogens is 1. The van der Waals surface area contributed by atoms with Crippen LogP contribution in [0.5, 0.6) is 5.75 Å². The Hall–Kier alpha value is -3.16. The molecule has 1 aromatic heterocycles. The van der Waals surface area contributed by atoms with Crippen molar-refractivity contribution in [2.45, 2.75) is 20.5 Å². The molecule has 0 aliphatic heterocycles. The Balaban J connectivity index is 2.27. The van der Waals surface area contributed by atoms with Crippen molar-refractivity contribution >= 4 is 17.6 Å². The number of rotatable bonds is 5. The molecule has 0 saturated carbocycles. The van der Waals surface area contributed by atoms with E-state index in [2.05, 4.69) is 15.0 Å². The fourth-order valence-electron chi connectivity index (χ4n) is 2.10. The molecule has 0 unspecified atom stereocenters. The summed E-state index contributed by atoms with van der Waals surface area (Å²) >= 11 is 0. The first kappa shape index (κ1) is 17.2. The molecule has 0 saturated heterocycles. The lowest BCUT2D eigenvalue weighted by Crippen LogP contribution is -2.14. The molecule has 1 heterocycles. The van der Waals surface area contributed by atoms with Crippen LogP contribution < -0.4 is 10.1 Å². The third kappa shape index (κ3) is 3.97. The third-order valence-corrected chi connectivity index (χ3v) is 3.36. The van der Waals surface area contributed by atoms with Gasteiger partial charge in [-0.3, -0.25) is 5.32 Å². The molecule has 0 aliphatic carbocycles. The van der Waals surface area contributed by atoms with Crippen LogP contribution in [-0.2, 0) is 11.3 Å². The zero-order chi connectivity index (χ0) is 17.7. The number of anilines is 1. The molecule has 2 rings (SSSR count). The predicted octanol–water partition coefficient (Wildman–Crippen LogP) is 3.36. The molecule has 1 N–H and O–H groups in total. The second kappa shape index (κ2) is 7.40. The van der Waals surface area contributed by atoms with Crippen molar-refractivity contribution in [2.75, 3.05) is 12.4 Å². The molecule has 0 atom stereocenters. The van der Waals surface area contributed by atoms with E-state index in [4.69, 9.17) is 4.74 Å². The quantitative estimate of drug-likeness (QED) is 0.665. The van der Waals surface area contributed by atoms with Crippen LogP contribution in [0.2, 0.25) is 0 Å². The molecule has 0 aliphatic rings. The molecule has 0 radical (unpaired) electrons. The van der Waals surface area contributed by atoms with Gasteiger partial charge in [-0.15, -0.1) is 0 Å². The van der Waals surface area contributed by atoms with Crippen molar-refractivity contribution in [1.82, 2.24) is 4.98 Å². The molecule has 24 heavy (non-hydrogen) atoms. The van der Waals surface area contributed by atoms with Gasteiger partial charge in [0.05, 0.1) is 12.8 Å². The maximum absolute atomic E-state index is 11.4. The summed E-state index contributed by atoms with van der Waals surface area (Å²) < 4.78 is 10.2. The first-order valence-corrected chi connectivity index (χ1v) is 7.10. The number of benzene rings is 1. The van der Waals surface area contributed by atoms with Gasteiger partial charge in [0.1, 0.15) is 12.3 Å². The average molecular weight is 331 g/mol. The lowest BCUT2D eigenvalue weighted by atomic mass is 10.1. The van der Waals surface area contributed by atoms with E-state index in [1.165, 1.54) is 13.2 Å². The highest BCUT2D eigenvalue weighted by atomic mass is 16.6. The lowest BCUT2D eigenvalue weighted by Gasteiger charge is -2.14. The maximum Gasteiger partial charge on any atom is 0.411 e. The minimum absolute atomic E-state index is 0.0393. The largest absolute Gasteiger partial charge is 0.481 e. The van der Waals surface area contributed by atoms with Crippen molar-refractivity contribution in [1.29, 1.82) is 0 Å². The molecule has 2 aromatic rings. The molecule has 0 fully saturated rings. The zero-order valence-electron chi connectivity index (χ0n) is 13.5. The van der Waals surface area contributed by atoms with Crippen LogP contribution in [0.3, 0.4) is 0 Å². The Bertz CT molecular complexity index is 776.